The van der Waals surface area contributed by atoms with Gasteiger partial charge in [0.05, 0.1) is 0 Å². The summed E-state index contributed by atoms with van der Waals surface area (Å²) < 4.78 is 0. The molecule has 92 valence electrons. The van der Waals surface area contributed by atoms with E-state index in [1.54, 1.807) is 0 Å². The van der Waals surface area contributed by atoms with Gasteiger partial charge in [0.25, 0.3) is 0 Å². The van der Waals surface area contributed by atoms with Gasteiger partial charge in [-0.2, -0.15) is 0 Å². The molecule has 0 aliphatic rings. The van der Waals surface area contributed by atoms with Crippen LogP contribution in [0.2, 0.25) is 0 Å². The average Bonchev–Trinajstić information content (AvgIpc) is 2.40. The van der Waals surface area contributed by atoms with Crippen LogP contribution in [-0.2, 0) is 0 Å². The zero-order valence-corrected chi connectivity index (χ0v) is 11.1. The summed E-state index contributed by atoms with van der Waals surface area (Å²) in [6.07, 6.45) is 8.60. The maximum absolute atomic E-state index is 3.39. The molecular weight excluding hydrogens is 206 g/mol. The van der Waals surface area contributed by atoms with Crippen molar-refractivity contribution in [3.8, 4) is 0 Å². The fourth-order valence-electron chi connectivity index (χ4n) is 1.90. The topological polar surface area (TPSA) is 12.0 Å². The molecule has 0 fully saturated rings. The summed E-state index contributed by atoms with van der Waals surface area (Å²) in [5.74, 6) is 0. The molecule has 0 amide bonds. The molecule has 0 saturated heterocycles. The Morgan fingerprint density at radius 3 is 2.53 bits per heavy atom. The summed E-state index contributed by atoms with van der Waals surface area (Å²) >= 11 is 0. The molecule has 0 aromatic heterocycles. The maximum Gasteiger partial charge on any atom is 0.0355 e. The van der Waals surface area contributed by atoms with E-state index in [1.807, 2.05) is 7.05 Å². The van der Waals surface area contributed by atoms with Crippen LogP contribution < -0.4 is 5.32 Å². The molecule has 17 heavy (non-hydrogen) atoms. The smallest absolute Gasteiger partial charge is 0.0355 e. The predicted molar refractivity (Wildman–Crippen MR) is 76.0 cm³/mol. The van der Waals surface area contributed by atoms with Gasteiger partial charge in [-0.3, -0.25) is 0 Å². The number of allylic oxidation sites excluding steroid dienone is 3. The molecule has 0 bridgehead atoms. The fraction of sp³-hybridized carbons (Fsp3) is 0.375. The third kappa shape index (κ3) is 4.58. The molecule has 1 heteroatoms. The summed E-state index contributed by atoms with van der Waals surface area (Å²) in [5.41, 5.74) is 2.83. The quantitative estimate of drug-likeness (QED) is 0.719. The van der Waals surface area contributed by atoms with E-state index in [-0.39, 0.29) is 0 Å². The Balaban J connectivity index is 2.76. The molecular formula is C16H23N. The van der Waals surface area contributed by atoms with Gasteiger partial charge in [-0.15, -0.1) is 0 Å². The molecule has 0 heterocycles. The minimum atomic E-state index is 0.410. The molecule has 0 aliphatic carbocycles. The zero-order chi connectivity index (χ0) is 12.5. The van der Waals surface area contributed by atoms with E-state index in [0.717, 1.165) is 12.8 Å². The van der Waals surface area contributed by atoms with Crippen molar-refractivity contribution < 1.29 is 0 Å². The summed E-state index contributed by atoms with van der Waals surface area (Å²) in [4.78, 5) is 0. The number of benzene rings is 1. The zero-order valence-electron chi connectivity index (χ0n) is 11.1. The van der Waals surface area contributed by atoms with E-state index in [2.05, 4.69) is 67.7 Å². The van der Waals surface area contributed by atoms with Crippen molar-refractivity contribution in [1.29, 1.82) is 0 Å². The lowest BCUT2D eigenvalue weighted by Gasteiger charge is -2.18. The summed E-state index contributed by atoms with van der Waals surface area (Å²) in [6.45, 7) is 4.27. The van der Waals surface area contributed by atoms with Gasteiger partial charge in [0.1, 0.15) is 0 Å². The average molecular weight is 229 g/mol. The van der Waals surface area contributed by atoms with Gasteiger partial charge in [-0.05, 0) is 32.4 Å². The molecule has 0 spiro atoms. The van der Waals surface area contributed by atoms with Crippen LogP contribution in [0.4, 0.5) is 0 Å². The maximum atomic E-state index is 3.39. The predicted octanol–water partition coefficient (Wildman–Crippen LogP) is 4.25. The highest BCUT2D eigenvalue weighted by Crippen LogP contribution is 2.22. The minimum absolute atomic E-state index is 0.410. The molecule has 1 aromatic rings. The van der Waals surface area contributed by atoms with Crippen LogP contribution in [0.3, 0.4) is 0 Å². The Kier molecular flexibility index (Phi) is 6.34. The largest absolute Gasteiger partial charge is 0.313 e. The van der Waals surface area contributed by atoms with Crippen LogP contribution in [0.5, 0.6) is 0 Å². The summed E-state index contributed by atoms with van der Waals surface area (Å²) in [5, 5.41) is 3.39. The first-order valence-corrected chi connectivity index (χ1v) is 6.34. The molecule has 1 atom stereocenters. The molecule has 1 unspecified atom stereocenters. The molecule has 0 radical (unpaired) electrons. The number of hydrogen-bond donors (Lipinski definition) is 1. The SMILES string of the molecule is C/C=C\C=C(/CC)CC(NC)c1ccccc1. The Morgan fingerprint density at radius 1 is 1.29 bits per heavy atom. The Morgan fingerprint density at radius 2 is 2.00 bits per heavy atom. The van der Waals surface area contributed by atoms with Crippen molar-refractivity contribution >= 4 is 0 Å². The van der Waals surface area contributed by atoms with Crippen LogP contribution >= 0.6 is 0 Å². The highest BCUT2D eigenvalue weighted by Gasteiger charge is 2.09. The van der Waals surface area contributed by atoms with Gasteiger partial charge >= 0.3 is 0 Å². The second kappa shape index (κ2) is 7.86. The van der Waals surface area contributed by atoms with E-state index in [9.17, 15) is 0 Å². The summed E-state index contributed by atoms with van der Waals surface area (Å²) in [7, 11) is 2.03. The third-order valence-corrected chi connectivity index (χ3v) is 3.00. The fourth-order valence-corrected chi connectivity index (χ4v) is 1.90. The first-order chi connectivity index (χ1) is 8.31. The Hall–Kier alpha value is -1.34. The van der Waals surface area contributed by atoms with Gasteiger partial charge in [0.2, 0.25) is 0 Å². The lowest BCUT2D eigenvalue weighted by molar-refractivity contribution is 0.582. The normalized spacial score (nSPS) is 14.2. The summed E-state index contributed by atoms with van der Waals surface area (Å²) in [6, 6.07) is 11.0. The van der Waals surface area contributed by atoms with Crippen LogP contribution in [0.1, 0.15) is 38.3 Å². The van der Waals surface area contributed by atoms with Gasteiger partial charge in [0.15, 0.2) is 0 Å². The van der Waals surface area contributed by atoms with Gasteiger partial charge < -0.3 is 5.32 Å². The van der Waals surface area contributed by atoms with Crippen LogP contribution in [0, 0.1) is 0 Å². The van der Waals surface area contributed by atoms with Crippen molar-refractivity contribution in [1.82, 2.24) is 5.32 Å². The lowest BCUT2D eigenvalue weighted by atomic mass is 9.97. The monoisotopic (exact) mass is 229 g/mol. The van der Waals surface area contributed by atoms with Crippen molar-refractivity contribution in [2.75, 3.05) is 7.05 Å². The number of nitrogens with one attached hydrogen (secondary N) is 1. The molecule has 1 nitrogen and oxygen atoms in total. The van der Waals surface area contributed by atoms with Crippen LogP contribution in [-0.4, -0.2) is 7.05 Å². The van der Waals surface area contributed by atoms with Crippen LogP contribution in [0.15, 0.2) is 54.1 Å². The van der Waals surface area contributed by atoms with Crippen molar-refractivity contribution in [3.63, 3.8) is 0 Å². The second-order valence-corrected chi connectivity index (χ2v) is 4.16. The molecule has 0 aliphatic heterocycles. The molecule has 1 aromatic carbocycles. The number of hydrogen-bond acceptors (Lipinski definition) is 1. The first-order valence-electron chi connectivity index (χ1n) is 6.34. The van der Waals surface area contributed by atoms with Crippen molar-refractivity contribution in [2.24, 2.45) is 0 Å². The molecule has 0 saturated carbocycles. The van der Waals surface area contributed by atoms with Gasteiger partial charge in [0, 0.05) is 6.04 Å². The van der Waals surface area contributed by atoms with Crippen molar-refractivity contribution in [3.05, 3.63) is 59.7 Å². The number of rotatable bonds is 6. The van der Waals surface area contributed by atoms with E-state index in [0.29, 0.717) is 6.04 Å². The minimum Gasteiger partial charge on any atom is -0.313 e. The first kappa shape index (κ1) is 13.7. The van der Waals surface area contributed by atoms with E-state index in [1.165, 1.54) is 11.1 Å². The highest BCUT2D eigenvalue weighted by molar-refractivity contribution is 5.22. The molecule has 1 rings (SSSR count). The lowest BCUT2D eigenvalue weighted by Crippen LogP contribution is -2.16. The van der Waals surface area contributed by atoms with E-state index in [4.69, 9.17) is 0 Å². The van der Waals surface area contributed by atoms with Gasteiger partial charge in [-0.1, -0.05) is 61.1 Å². The highest BCUT2D eigenvalue weighted by atomic mass is 14.9. The Labute approximate surface area is 105 Å². The second-order valence-electron chi connectivity index (χ2n) is 4.16. The molecule has 1 N–H and O–H groups in total. The standard InChI is InChI=1S/C16H23N/c1-4-6-10-14(5-2)13-16(17-3)15-11-8-7-9-12-15/h4,6-12,16-17H,5,13H2,1-3H3/b6-4-,14-10+. The third-order valence-electron chi connectivity index (χ3n) is 3.00. The van der Waals surface area contributed by atoms with Crippen LogP contribution in [0.25, 0.3) is 0 Å². The Bertz CT molecular complexity index is 362. The van der Waals surface area contributed by atoms with E-state index < -0.39 is 0 Å². The van der Waals surface area contributed by atoms with E-state index >= 15 is 0 Å². The van der Waals surface area contributed by atoms with Gasteiger partial charge in [-0.25, -0.2) is 0 Å². The van der Waals surface area contributed by atoms with Crippen molar-refractivity contribution in [2.45, 2.75) is 32.7 Å².